The Bertz CT molecular complexity index is 291. The molecule has 0 spiro atoms. The standard InChI is InChI=1S/C12H19NO3/c1-16-11(15)12(6-5-7-12)10(14)13-8-3-2-4-9-13/h2-9H2,1H3. The molecule has 1 saturated carbocycles. The number of carbonyl (C=O) groups is 2. The van der Waals surface area contributed by atoms with E-state index in [9.17, 15) is 9.59 Å². The van der Waals surface area contributed by atoms with E-state index >= 15 is 0 Å². The Morgan fingerprint density at radius 1 is 1.06 bits per heavy atom. The normalized spacial score (nSPS) is 23.4. The molecule has 4 heteroatoms. The first-order chi connectivity index (χ1) is 7.70. The van der Waals surface area contributed by atoms with Crippen molar-refractivity contribution in [1.82, 2.24) is 4.90 Å². The molecular weight excluding hydrogens is 206 g/mol. The zero-order chi connectivity index (χ0) is 11.6. The quantitative estimate of drug-likeness (QED) is 0.526. The summed E-state index contributed by atoms with van der Waals surface area (Å²) in [6, 6.07) is 0. The van der Waals surface area contributed by atoms with E-state index in [1.54, 1.807) is 0 Å². The summed E-state index contributed by atoms with van der Waals surface area (Å²) >= 11 is 0. The predicted molar refractivity (Wildman–Crippen MR) is 58.7 cm³/mol. The van der Waals surface area contributed by atoms with Gasteiger partial charge >= 0.3 is 5.97 Å². The maximum absolute atomic E-state index is 12.3. The van der Waals surface area contributed by atoms with E-state index in [0.717, 1.165) is 32.4 Å². The lowest BCUT2D eigenvalue weighted by molar-refractivity contribution is -0.170. The molecule has 0 bridgehead atoms. The molecule has 2 fully saturated rings. The highest BCUT2D eigenvalue weighted by atomic mass is 16.5. The maximum Gasteiger partial charge on any atom is 0.321 e. The molecule has 2 aliphatic rings. The highest BCUT2D eigenvalue weighted by molar-refractivity contribution is 6.03. The minimum Gasteiger partial charge on any atom is -0.468 e. The van der Waals surface area contributed by atoms with Crippen LogP contribution in [0.4, 0.5) is 0 Å². The Labute approximate surface area is 95.9 Å². The Kier molecular flexibility index (Phi) is 3.17. The van der Waals surface area contributed by atoms with E-state index in [0.29, 0.717) is 12.8 Å². The van der Waals surface area contributed by atoms with E-state index in [1.807, 2.05) is 4.90 Å². The fraction of sp³-hybridized carbons (Fsp3) is 0.833. The van der Waals surface area contributed by atoms with Gasteiger partial charge in [0.05, 0.1) is 7.11 Å². The molecule has 0 N–H and O–H groups in total. The Morgan fingerprint density at radius 3 is 2.12 bits per heavy atom. The molecular formula is C12H19NO3. The van der Waals surface area contributed by atoms with Crippen molar-refractivity contribution in [2.24, 2.45) is 5.41 Å². The van der Waals surface area contributed by atoms with Crippen LogP contribution in [0, 0.1) is 5.41 Å². The van der Waals surface area contributed by atoms with Gasteiger partial charge in [0, 0.05) is 13.1 Å². The Morgan fingerprint density at radius 2 is 1.69 bits per heavy atom. The first-order valence-corrected chi connectivity index (χ1v) is 6.08. The van der Waals surface area contributed by atoms with Gasteiger partial charge in [0.2, 0.25) is 5.91 Å². The minimum absolute atomic E-state index is 0.00491. The molecule has 1 amide bonds. The highest BCUT2D eigenvalue weighted by Gasteiger charge is 2.53. The van der Waals surface area contributed by atoms with E-state index in [2.05, 4.69) is 0 Å². The number of hydrogen-bond acceptors (Lipinski definition) is 3. The van der Waals surface area contributed by atoms with Gasteiger partial charge in [-0.15, -0.1) is 0 Å². The molecule has 1 aliphatic heterocycles. The first-order valence-electron chi connectivity index (χ1n) is 6.08. The van der Waals surface area contributed by atoms with E-state index in [4.69, 9.17) is 4.74 Å². The molecule has 90 valence electrons. The second-order valence-corrected chi connectivity index (χ2v) is 4.78. The monoisotopic (exact) mass is 225 g/mol. The summed E-state index contributed by atoms with van der Waals surface area (Å²) in [6.07, 6.45) is 5.58. The van der Waals surface area contributed by atoms with Crippen LogP contribution in [0.3, 0.4) is 0 Å². The number of hydrogen-bond donors (Lipinski definition) is 0. The lowest BCUT2D eigenvalue weighted by Crippen LogP contribution is -2.54. The maximum atomic E-state index is 12.3. The average molecular weight is 225 g/mol. The van der Waals surface area contributed by atoms with Crippen LogP contribution < -0.4 is 0 Å². The van der Waals surface area contributed by atoms with Crippen molar-refractivity contribution in [2.45, 2.75) is 38.5 Å². The number of carbonyl (C=O) groups excluding carboxylic acids is 2. The molecule has 0 unspecified atom stereocenters. The first kappa shape index (κ1) is 11.4. The predicted octanol–water partition coefficient (Wildman–Crippen LogP) is 1.34. The summed E-state index contributed by atoms with van der Waals surface area (Å²) in [5.74, 6) is -0.334. The molecule has 0 aromatic carbocycles. The SMILES string of the molecule is COC(=O)C1(C(=O)N2CCCCC2)CCC1. The smallest absolute Gasteiger partial charge is 0.321 e. The largest absolute Gasteiger partial charge is 0.468 e. The van der Waals surface area contributed by atoms with Crippen LogP contribution in [0.2, 0.25) is 0 Å². The fourth-order valence-electron chi connectivity index (χ4n) is 2.63. The summed E-state index contributed by atoms with van der Waals surface area (Å²) in [6.45, 7) is 1.61. The van der Waals surface area contributed by atoms with Crippen molar-refractivity contribution in [3.8, 4) is 0 Å². The number of amides is 1. The van der Waals surface area contributed by atoms with Crippen molar-refractivity contribution in [3.05, 3.63) is 0 Å². The molecule has 0 aromatic rings. The van der Waals surface area contributed by atoms with Gasteiger partial charge in [0.15, 0.2) is 0 Å². The lowest BCUT2D eigenvalue weighted by atomic mass is 9.67. The van der Waals surface area contributed by atoms with E-state index < -0.39 is 5.41 Å². The molecule has 0 radical (unpaired) electrons. The zero-order valence-corrected chi connectivity index (χ0v) is 9.83. The van der Waals surface area contributed by atoms with Gasteiger partial charge in [0.25, 0.3) is 0 Å². The summed E-state index contributed by atoms with van der Waals surface area (Å²) in [4.78, 5) is 25.9. The van der Waals surface area contributed by atoms with Gasteiger partial charge in [-0.1, -0.05) is 6.42 Å². The third kappa shape index (κ3) is 1.70. The Hall–Kier alpha value is -1.06. The van der Waals surface area contributed by atoms with Gasteiger partial charge in [0.1, 0.15) is 5.41 Å². The van der Waals surface area contributed by atoms with Gasteiger partial charge in [-0.25, -0.2) is 0 Å². The topological polar surface area (TPSA) is 46.6 Å². The number of methoxy groups -OCH3 is 1. The van der Waals surface area contributed by atoms with Crippen molar-refractivity contribution < 1.29 is 14.3 Å². The summed E-state index contributed by atoms with van der Waals surface area (Å²) in [5.41, 5.74) is -0.827. The van der Waals surface area contributed by atoms with Gasteiger partial charge in [-0.3, -0.25) is 9.59 Å². The second-order valence-electron chi connectivity index (χ2n) is 4.78. The third-order valence-electron chi connectivity index (χ3n) is 3.84. The molecule has 0 aromatic heterocycles. The third-order valence-corrected chi connectivity index (χ3v) is 3.84. The van der Waals surface area contributed by atoms with Crippen LogP contribution >= 0.6 is 0 Å². The van der Waals surface area contributed by atoms with Crippen molar-refractivity contribution in [3.63, 3.8) is 0 Å². The van der Waals surface area contributed by atoms with Crippen LogP contribution in [-0.2, 0) is 14.3 Å². The number of esters is 1. The fourth-order valence-corrected chi connectivity index (χ4v) is 2.63. The molecule has 0 atom stereocenters. The summed E-state index contributed by atoms with van der Waals surface area (Å²) in [7, 11) is 1.37. The second kappa shape index (κ2) is 4.44. The lowest BCUT2D eigenvalue weighted by Gasteiger charge is -2.41. The van der Waals surface area contributed by atoms with E-state index in [-0.39, 0.29) is 11.9 Å². The van der Waals surface area contributed by atoms with Crippen LogP contribution in [-0.4, -0.2) is 37.0 Å². The average Bonchev–Trinajstić information content (AvgIpc) is 2.28. The number of nitrogens with zero attached hydrogens (tertiary/aromatic N) is 1. The zero-order valence-electron chi connectivity index (χ0n) is 9.83. The molecule has 1 heterocycles. The number of piperidine rings is 1. The molecule has 2 rings (SSSR count). The molecule has 16 heavy (non-hydrogen) atoms. The highest BCUT2D eigenvalue weighted by Crippen LogP contribution is 2.43. The van der Waals surface area contributed by atoms with Crippen molar-refractivity contribution in [1.29, 1.82) is 0 Å². The molecule has 1 saturated heterocycles. The molecule has 4 nitrogen and oxygen atoms in total. The van der Waals surface area contributed by atoms with Gasteiger partial charge < -0.3 is 9.64 Å². The van der Waals surface area contributed by atoms with Crippen molar-refractivity contribution >= 4 is 11.9 Å². The number of ether oxygens (including phenoxy) is 1. The molecule has 1 aliphatic carbocycles. The Balaban J connectivity index is 2.08. The van der Waals surface area contributed by atoms with Gasteiger partial charge in [-0.05, 0) is 32.1 Å². The minimum atomic E-state index is -0.827. The number of rotatable bonds is 2. The summed E-state index contributed by atoms with van der Waals surface area (Å²) in [5, 5.41) is 0. The van der Waals surface area contributed by atoms with Crippen LogP contribution in [0.15, 0.2) is 0 Å². The van der Waals surface area contributed by atoms with Crippen molar-refractivity contribution in [2.75, 3.05) is 20.2 Å². The van der Waals surface area contributed by atoms with Crippen LogP contribution in [0.25, 0.3) is 0 Å². The van der Waals surface area contributed by atoms with E-state index in [1.165, 1.54) is 13.5 Å². The van der Waals surface area contributed by atoms with Gasteiger partial charge in [-0.2, -0.15) is 0 Å². The van der Waals surface area contributed by atoms with Crippen LogP contribution in [0.1, 0.15) is 38.5 Å². The number of likely N-dealkylation sites (tertiary alicyclic amines) is 1. The summed E-state index contributed by atoms with van der Waals surface area (Å²) < 4.78 is 4.78. The van der Waals surface area contributed by atoms with Crippen LogP contribution in [0.5, 0.6) is 0 Å².